The third kappa shape index (κ3) is 5.14. The van der Waals surface area contributed by atoms with Crippen molar-refractivity contribution >= 4 is 23.2 Å². The summed E-state index contributed by atoms with van der Waals surface area (Å²) in [6.07, 6.45) is -0.00531. The molecular weight excluding hydrogens is 306 g/mol. The molecule has 2 amide bonds. The smallest absolute Gasteiger partial charge is 0.238 e. The number of ether oxygens (including phenoxy) is 1. The highest BCUT2D eigenvalue weighted by molar-refractivity contribution is 5.95. The number of rotatable bonds is 6. The van der Waals surface area contributed by atoms with Crippen molar-refractivity contribution in [1.82, 2.24) is 0 Å². The van der Waals surface area contributed by atoms with Crippen molar-refractivity contribution in [2.75, 3.05) is 17.7 Å². The van der Waals surface area contributed by atoms with Crippen molar-refractivity contribution in [1.29, 1.82) is 5.26 Å². The summed E-state index contributed by atoms with van der Waals surface area (Å²) < 4.78 is 5.13. The second-order valence-corrected chi connectivity index (χ2v) is 5.04. The van der Waals surface area contributed by atoms with Crippen LogP contribution in [0.2, 0.25) is 0 Å². The van der Waals surface area contributed by atoms with Gasteiger partial charge in [-0.3, -0.25) is 9.59 Å². The lowest BCUT2D eigenvalue weighted by Crippen LogP contribution is -2.15. The van der Waals surface area contributed by atoms with Gasteiger partial charge in [-0.25, -0.2) is 0 Å². The van der Waals surface area contributed by atoms with E-state index < -0.39 is 5.91 Å². The van der Waals surface area contributed by atoms with Gasteiger partial charge in [-0.05, 0) is 35.9 Å². The van der Waals surface area contributed by atoms with Crippen LogP contribution in [0.4, 0.5) is 11.4 Å². The molecule has 0 aromatic heterocycles. The molecule has 0 unspecified atom stereocenters. The van der Waals surface area contributed by atoms with Gasteiger partial charge in [0, 0.05) is 11.4 Å². The summed E-state index contributed by atoms with van der Waals surface area (Å²) in [6.45, 7) is 0. The summed E-state index contributed by atoms with van der Waals surface area (Å²) in [4.78, 5) is 23.5. The molecule has 24 heavy (non-hydrogen) atoms. The summed E-state index contributed by atoms with van der Waals surface area (Å²) in [5.41, 5.74) is 1.93. The fraction of sp³-hybridized carbons (Fsp3) is 0.167. The first-order chi connectivity index (χ1) is 11.6. The molecule has 0 bridgehead atoms. The number of methoxy groups -OCH3 is 1. The van der Waals surface area contributed by atoms with Crippen molar-refractivity contribution in [2.24, 2.45) is 0 Å². The quantitative estimate of drug-likeness (QED) is 0.855. The molecule has 2 rings (SSSR count). The molecule has 6 heteroatoms. The molecule has 0 spiro atoms. The van der Waals surface area contributed by atoms with E-state index >= 15 is 0 Å². The maximum atomic E-state index is 12.1. The summed E-state index contributed by atoms with van der Waals surface area (Å²) >= 11 is 0. The molecule has 0 aliphatic heterocycles. The van der Waals surface area contributed by atoms with Crippen molar-refractivity contribution in [3.05, 3.63) is 54.1 Å². The first-order valence-electron chi connectivity index (χ1n) is 7.30. The fourth-order valence-corrected chi connectivity index (χ4v) is 2.12. The van der Waals surface area contributed by atoms with Crippen LogP contribution >= 0.6 is 0 Å². The van der Waals surface area contributed by atoms with Crippen molar-refractivity contribution in [3.8, 4) is 11.8 Å². The van der Waals surface area contributed by atoms with E-state index in [9.17, 15) is 9.59 Å². The minimum Gasteiger partial charge on any atom is -0.497 e. The fourth-order valence-electron chi connectivity index (χ4n) is 2.12. The highest BCUT2D eigenvalue weighted by atomic mass is 16.5. The average molecular weight is 323 g/mol. The molecule has 0 fully saturated rings. The van der Waals surface area contributed by atoms with Crippen LogP contribution in [0.1, 0.15) is 12.0 Å². The average Bonchev–Trinajstić information content (AvgIpc) is 2.55. The van der Waals surface area contributed by atoms with Gasteiger partial charge in [-0.1, -0.05) is 18.2 Å². The normalized spacial score (nSPS) is 9.67. The SMILES string of the molecule is COc1cccc(CC(=O)Nc2cccc(NC(=O)CC#N)c2)c1. The molecule has 0 aliphatic carbocycles. The van der Waals surface area contributed by atoms with E-state index in [1.807, 2.05) is 18.2 Å². The molecule has 0 radical (unpaired) electrons. The van der Waals surface area contributed by atoms with Crippen LogP contribution < -0.4 is 15.4 Å². The van der Waals surface area contributed by atoms with E-state index in [1.54, 1.807) is 43.5 Å². The van der Waals surface area contributed by atoms with Gasteiger partial charge in [-0.15, -0.1) is 0 Å². The predicted molar refractivity (Wildman–Crippen MR) is 90.6 cm³/mol. The Morgan fingerprint density at radius 3 is 2.38 bits per heavy atom. The summed E-state index contributed by atoms with van der Waals surface area (Å²) in [6, 6.07) is 15.8. The van der Waals surface area contributed by atoms with E-state index in [0.717, 1.165) is 5.56 Å². The number of carbonyl (C=O) groups is 2. The van der Waals surface area contributed by atoms with E-state index in [4.69, 9.17) is 10.00 Å². The van der Waals surface area contributed by atoms with Crippen LogP contribution in [-0.2, 0) is 16.0 Å². The van der Waals surface area contributed by atoms with Crippen LogP contribution in [0.15, 0.2) is 48.5 Å². The van der Waals surface area contributed by atoms with Crippen molar-refractivity contribution in [2.45, 2.75) is 12.8 Å². The van der Waals surface area contributed by atoms with Crippen LogP contribution in [0.3, 0.4) is 0 Å². The molecule has 0 atom stereocenters. The van der Waals surface area contributed by atoms with Crippen molar-refractivity contribution < 1.29 is 14.3 Å². The third-order valence-electron chi connectivity index (χ3n) is 3.17. The minimum atomic E-state index is -0.391. The number of anilines is 2. The van der Waals surface area contributed by atoms with Crippen LogP contribution in [-0.4, -0.2) is 18.9 Å². The molecule has 2 aromatic rings. The molecular formula is C18H17N3O3. The van der Waals surface area contributed by atoms with E-state index in [0.29, 0.717) is 17.1 Å². The van der Waals surface area contributed by atoms with Gasteiger partial charge in [0.05, 0.1) is 19.6 Å². The largest absolute Gasteiger partial charge is 0.497 e. The van der Waals surface area contributed by atoms with E-state index in [1.165, 1.54) is 0 Å². The van der Waals surface area contributed by atoms with Gasteiger partial charge in [-0.2, -0.15) is 5.26 Å². The zero-order valence-electron chi connectivity index (χ0n) is 13.2. The maximum Gasteiger partial charge on any atom is 0.238 e. The maximum absolute atomic E-state index is 12.1. The number of carbonyl (C=O) groups excluding carboxylic acids is 2. The second-order valence-electron chi connectivity index (χ2n) is 5.04. The monoisotopic (exact) mass is 323 g/mol. The standard InChI is InChI=1S/C18H17N3O3/c1-24-16-7-2-4-13(10-16)11-18(23)21-15-6-3-5-14(12-15)20-17(22)8-9-19/h2-7,10,12H,8,11H2,1H3,(H,20,22)(H,21,23). The molecule has 122 valence electrons. The lowest BCUT2D eigenvalue weighted by molar-refractivity contribution is -0.116. The number of nitrogens with zero attached hydrogens (tertiary/aromatic N) is 1. The number of benzene rings is 2. The zero-order valence-corrected chi connectivity index (χ0v) is 13.2. The molecule has 2 aromatic carbocycles. The number of hydrogen-bond acceptors (Lipinski definition) is 4. The summed E-state index contributed by atoms with van der Waals surface area (Å²) in [5, 5.41) is 13.9. The Morgan fingerprint density at radius 2 is 1.71 bits per heavy atom. The Bertz CT molecular complexity index is 781. The van der Waals surface area contributed by atoms with Gasteiger partial charge in [0.15, 0.2) is 0 Å². The topological polar surface area (TPSA) is 91.2 Å². The van der Waals surface area contributed by atoms with Gasteiger partial charge >= 0.3 is 0 Å². The van der Waals surface area contributed by atoms with Gasteiger partial charge in [0.2, 0.25) is 11.8 Å². The first-order valence-corrected chi connectivity index (χ1v) is 7.30. The first kappa shape index (κ1) is 17.0. The Morgan fingerprint density at radius 1 is 1.04 bits per heavy atom. The Balaban J connectivity index is 1.98. The van der Waals surface area contributed by atoms with Crippen LogP contribution in [0.25, 0.3) is 0 Å². The number of nitrogens with one attached hydrogen (secondary N) is 2. The van der Waals surface area contributed by atoms with E-state index in [2.05, 4.69) is 10.6 Å². The number of hydrogen-bond donors (Lipinski definition) is 2. The van der Waals surface area contributed by atoms with E-state index in [-0.39, 0.29) is 18.7 Å². The lowest BCUT2D eigenvalue weighted by atomic mass is 10.1. The molecule has 0 aliphatic rings. The molecule has 0 heterocycles. The highest BCUT2D eigenvalue weighted by Crippen LogP contribution is 2.17. The summed E-state index contributed by atoms with van der Waals surface area (Å²) in [5.74, 6) is 0.128. The van der Waals surface area contributed by atoms with Gasteiger partial charge in [0.25, 0.3) is 0 Å². The van der Waals surface area contributed by atoms with Gasteiger partial charge < -0.3 is 15.4 Å². The number of nitriles is 1. The molecule has 0 saturated carbocycles. The zero-order chi connectivity index (χ0) is 17.4. The van der Waals surface area contributed by atoms with Crippen LogP contribution in [0, 0.1) is 11.3 Å². The molecule has 2 N–H and O–H groups in total. The third-order valence-corrected chi connectivity index (χ3v) is 3.17. The number of amides is 2. The Labute approximate surface area is 140 Å². The minimum absolute atomic E-state index is 0.177. The Hall–Kier alpha value is -3.33. The predicted octanol–water partition coefficient (Wildman–Crippen LogP) is 2.73. The van der Waals surface area contributed by atoms with Crippen molar-refractivity contribution in [3.63, 3.8) is 0 Å². The Kier molecular flexibility index (Phi) is 5.92. The van der Waals surface area contributed by atoms with Gasteiger partial charge in [0.1, 0.15) is 12.2 Å². The second kappa shape index (κ2) is 8.34. The molecule has 0 saturated heterocycles. The van der Waals surface area contributed by atoms with Crippen LogP contribution in [0.5, 0.6) is 5.75 Å². The lowest BCUT2D eigenvalue weighted by Gasteiger charge is -2.09. The highest BCUT2D eigenvalue weighted by Gasteiger charge is 2.07. The molecule has 6 nitrogen and oxygen atoms in total. The summed E-state index contributed by atoms with van der Waals surface area (Å²) in [7, 11) is 1.57.